The van der Waals surface area contributed by atoms with Crippen LogP contribution in [0.4, 0.5) is 13.2 Å². The lowest BCUT2D eigenvalue weighted by Gasteiger charge is -2.08. The standard InChI is InChI=1S/C12H10F3N2/c1-9-16-6-7-17(9)8-10-2-4-11(5-3-10)12(13,14)15/h2-5,7H,8H2,1H3. The van der Waals surface area contributed by atoms with Crippen molar-refractivity contribution in [2.45, 2.75) is 19.6 Å². The van der Waals surface area contributed by atoms with Gasteiger partial charge in [0.05, 0.1) is 5.56 Å². The van der Waals surface area contributed by atoms with Crippen molar-refractivity contribution < 1.29 is 13.2 Å². The predicted octanol–water partition coefficient (Wildman–Crippen LogP) is 3.06. The first-order valence-electron chi connectivity index (χ1n) is 5.03. The van der Waals surface area contributed by atoms with Crippen LogP contribution in [-0.2, 0) is 12.7 Å². The van der Waals surface area contributed by atoms with Crippen molar-refractivity contribution in [3.05, 3.63) is 53.6 Å². The van der Waals surface area contributed by atoms with Gasteiger partial charge >= 0.3 is 6.18 Å². The minimum Gasteiger partial charge on any atom is -0.330 e. The van der Waals surface area contributed by atoms with Crippen LogP contribution in [0.25, 0.3) is 0 Å². The van der Waals surface area contributed by atoms with E-state index in [-0.39, 0.29) is 0 Å². The molecular weight excluding hydrogens is 229 g/mol. The highest BCUT2D eigenvalue weighted by atomic mass is 19.4. The van der Waals surface area contributed by atoms with Gasteiger partial charge in [0.25, 0.3) is 0 Å². The molecule has 2 rings (SSSR count). The van der Waals surface area contributed by atoms with Crippen LogP contribution in [0.1, 0.15) is 17.0 Å². The van der Waals surface area contributed by atoms with Gasteiger partial charge in [0.1, 0.15) is 12.0 Å². The number of hydrogen-bond acceptors (Lipinski definition) is 1. The molecule has 2 aromatic rings. The van der Waals surface area contributed by atoms with Crippen molar-refractivity contribution in [2.24, 2.45) is 0 Å². The van der Waals surface area contributed by atoms with Crippen LogP contribution < -0.4 is 0 Å². The van der Waals surface area contributed by atoms with Crippen molar-refractivity contribution in [1.29, 1.82) is 0 Å². The van der Waals surface area contributed by atoms with Crippen molar-refractivity contribution in [3.8, 4) is 0 Å². The second-order valence-electron chi connectivity index (χ2n) is 3.74. The fourth-order valence-corrected chi connectivity index (χ4v) is 1.51. The fraction of sp³-hybridized carbons (Fsp3) is 0.250. The zero-order chi connectivity index (χ0) is 12.5. The first kappa shape index (κ1) is 11.7. The van der Waals surface area contributed by atoms with E-state index >= 15 is 0 Å². The highest BCUT2D eigenvalue weighted by Crippen LogP contribution is 2.29. The van der Waals surface area contributed by atoms with E-state index in [1.54, 1.807) is 6.20 Å². The van der Waals surface area contributed by atoms with Crippen LogP contribution in [-0.4, -0.2) is 9.55 Å². The number of alkyl halides is 3. The summed E-state index contributed by atoms with van der Waals surface area (Å²) in [5, 5.41) is 0. The Bertz CT molecular complexity index is 497. The molecular formula is C12H10F3N2. The van der Waals surface area contributed by atoms with E-state index in [1.807, 2.05) is 11.5 Å². The highest BCUT2D eigenvalue weighted by Gasteiger charge is 2.29. The Morgan fingerprint density at radius 2 is 1.88 bits per heavy atom. The molecule has 0 aliphatic heterocycles. The van der Waals surface area contributed by atoms with Crippen LogP contribution in [0.2, 0.25) is 0 Å². The summed E-state index contributed by atoms with van der Waals surface area (Å²) < 4.78 is 38.8. The Kier molecular flexibility index (Phi) is 2.92. The number of rotatable bonds is 2. The molecule has 1 aromatic heterocycles. The van der Waals surface area contributed by atoms with Crippen molar-refractivity contribution >= 4 is 0 Å². The maximum atomic E-state index is 12.3. The molecule has 0 saturated heterocycles. The summed E-state index contributed by atoms with van der Waals surface area (Å²) in [6.07, 6.45) is 0.0800. The van der Waals surface area contributed by atoms with Crippen LogP contribution in [0.5, 0.6) is 0 Å². The molecule has 5 heteroatoms. The molecule has 0 aliphatic carbocycles. The zero-order valence-electron chi connectivity index (χ0n) is 9.12. The molecule has 0 N–H and O–H groups in total. The highest BCUT2D eigenvalue weighted by molar-refractivity contribution is 5.25. The molecule has 0 atom stereocenters. The van der Waals surface area contributed by atoms with E-state index in [9.17, 15) is 13.2 Å². The summed E-state index contributed by atoms with van der Waals surface area (Å²) in [6.45, 7) is 2.32. The maximum absolute atomic E-state index is 12.3. The molecule has 0 fully saturated rings. The number of imidazole rings is 1. The van der Waals surface area contributed by atoms with Crippen LogP contribution in [0, 0.1) is 13.1 Å². The zero-order valence-corrected chi connectivity index (χ0v) is 9.12. The minimum atomic E-state index is -4.28. The lowest BCUT2D eigenvalue weighted by Crippen LogP contribution is -2.05. The second-order valence-corrected chi connectivity index (χ2v) is 3.74. The average molecular weight is 239 g/mol. The molecule has 1 heterocycles. The van der Waals surface area contributed by atoms with Gasteiger partial charge in [-0.3, -0.25) is 0 Å². The van der Waals surface area contributed by atoms with Gasteiger partial charge in [0, 0.05) is 12.7 Å². The number of aromatic nitrogens is 2. The number of halogens is 3. The van der Waals surface area contributed by atoms with E-state index in [0.29, 0.717) is 6.54 Å². The van der Waals surface area contributed by atoms with E-state index in [4.69, 9.17) is 0 Å². The first-order valence-corrected chi connectivity index (χ1v) is 5.03. The smallest absolute Gasteiger partial charge is 0.330 e. The molecule has 2 nitrogen and oxygen atoms in total. The summed E-state index contributed by atoms with van der Waals surface area (Å²) in [5.41, 5.74) is 0.169. The van der Waals surface area contributed by atoms with Gasteiger partial charge in [-0.25, -0.2) is 4.98 Å². The van der Waals surface area contributed by atoms with E-state index in [1.165, 1.54) is 12.1 Å². The number of aryl methyl sites for hydroxylation is 1. The Morgan fingerprint density at radius 3 is 2.35 bits per heavy atom. The van der Waals surface area contributed by atoms with Gasteiger partial charge in [-0.1, -0.05) is 12.1 Å². The van der Waals surface area contributed by atoms with Gasteiger partial charge < -0.3 is 4.57 Å². The van der Waals surface area contributed by atoms with E-state index in [0.717, 1.165) is 23.5 Å². The molecule has 1 aromatic carbocycles. The third-order valence-electron chi connectivity index (χ3n) is 2.49. The Morgan fingerprint density at radius 1 is 1.24 bits per heavy atom. The summed E-state index contributed by atoms with van der Waals surface area (Å²) in [5.74, 6) is 0.782. The number of nitrogens with zero attached hydrogens (tertiary/aromatic N) is 2. The van der Waals surface area contributed by atoms with Crippen molar-refractivity contribution in [1.82, 2.24) is 9.55 Å². The molecule has 89 valence electrons. The van der Waals surface area contributed by atoms with Gasteiger partial charge in [-0.05, 0) is 24.6 Å². The van der Waals surface area contributed by atoms with Gasteiger partial charge in [-0.15, -0.1) is 0 Å². The lowest BCUT2D eigenvalue weighted by molar-refractivity contribution is -0.137. The predicted molar refractivity (Wildman–Crippen MR) is 56.3 cm³/mol. The Labute approximate surface area is 96.7 Å². The Balaban J connectivity index is 2.17. The van der Waals surface area contributed by atoms with Gasteiger partial charge in [-0.2, -0.15) is 13.2 Å². The summed E-state index contributed by atoms with van der Waals surface area (Å²) in [7, 11) is 0. The molecule has 0 amide bonds. The minimum absolute atomic E-state index is 0.500. The third-order valence-corrected chi connectivity index (χ3v) is 2.49. The second kappa shape index (κ2) is 4.24. The third kappa shape index (κ3) is 2.67. The molecule has 0 bridgehead atoms. The lowest BCUT2D eigenvalue weighted by atomic mass is 10.1. The fourth-order valence-electron chi connectivity index (χ4n) is 1.51. The normalized spacial score (nSPS) is 11.8. The largest absolute Gasteiger partial charge is 0.416 e. The number of hydrogen-bond donors (Lipinski definition) is 0. The summed E-state index contributed by atoms with van der Waals surface area (Å²) >= 11 is 0. The topological polar surface area (TPSA) is 17.8 Å². The molecule has 0 spiro atoms. The maximum Gasteiger partial charge on any atom is 0.416 e. The van der Waals surface area contributed by atoms with Crippen molar-refractivity contribution in [2.75, 3.05) is 0 Å². The molecule has 0 saturated carbocycles. The van der Waals surface area contributed by atoms with Gasteiger partial charge in [0.15, 0.2) is 0 Å². The summed E-state index contributed by atoms with van der Waals surface area (Å²) in [6, 6.07) is 5.13. The number of benzene rings is 1. The van der Waals surface area contributed by atoms with Crippen LogP contribution >= 0.6 is 0 Å². The van der Waals surface area contributed by atoms with E-state index < -0.39 is 11.7 Å². The average Bonchev–Trinajstić information content (AvgIpc) is 2.64. The molecule has 17 heavy (non-hydrogen) atoms. The first-order chi connectivity index (χ1) is 7.97. The molecule has 0 aliphatic rings. The van der Waals surface area contributed by atoms with Gasteiger partial charge in [0.2, 0.25) is 0 Å². The Hall–Kier alpha value is -1.78. The van der Waals surface area contributed by atoms with Crippen molar-refractivity contribution in [3.63, 3.8) is 0 Å². The molecule has 0 unspecified atom stereocenters. The SMILES string of the molecule is Cc1n[c]cn1Cc1ccc(C(F)(F)F)cc1. The summed E-state index contributed by atoms with van der Waals surface area (Å²) in [4.78, 5) is 3.93. The quantitative estimate of drug-likeness (QED) is 0.787. The monoisotopic (exact) mass is 239 g/mol. The van der Waals surface area contributed by atoms with Crippen LogP contribution in [0.15, 0.2) is 30.5 Å². The van der Waals surface area contributed by atoms with Crippen LogP contribution in [0.3, 0.4) is 0 Å². The molecule has 1 radical (unpaired) electrons. The van der Waals surface area contributed by atoms with E-state index in [2.05, 4.69) is 11.2 Å².